The average molecular weight is 311 g/mol. The molecule has 0 unspecified atom stereocenters. The van der Waals surface area contributed by atoms with Crippen LogP contribution < -0.4 is 0 Å². The summed E-state index contributed by atoms with van der Waals surface area (Å²) in [6.45, 7) is 2.03. The Hall–Kier alpha value is -2.33. The topological polar surface area (TPSA) is 39.1 Å². The number of hydrogen-bond donors (Lipinski definition) is 0. The minimum absolute atomic E-state index is 0.316. The van der Waals surface area contributed by atoms with E-state index in [4.69, 9.17) is 0 Å². The van der Waals surface area contributed by atoms with E-state index in [1.807, 2.05) is 48.9 Å². The van der Waals surface area contributed by atoms with E-state index in [9.17, 15) is 8.42 Å². The third-order valence-corrected chi connectivity index (χ3v) is 5.43. The molecular formula is C18H17NO2S. The van der Waals surface area contributed by atoms with Gasteiger partial charge in [0.25, 0.3) is 0 Å². The van der Waals surface area contributed by atoms with Crippen LogP contribution in [0.4, 0.5) is 0 Å². The second-order valence-electron chi connectivity index (χ2n) is 5.35. The maximum Gasteiger partial charge on any atom is 0.208 e. The van der Waals surface area contributed by atoms with Gasteiger partial charge in [-0.05, 0) is 30.7 Å². The fourth-order valence-electron chi connectivity index (χ4n) is 2.43. The molecule has 0 saturated heterocycles. The third-order valence-electron chi connectivity index (χ3n) is 3.69. The van der Waals surface area contributed by atoms with Gasteiger partial charge in [-0.3, -0.25) is 0 Å². The average Bonchev–Trinajstić information content (AvgIpc) is 2.92. The lowest BCUT2D eigenvalue weighted by molar-refractivity contribution is 0.596. The molecule has 112 valence electrons. The molecule has 0 atom stereocenters. The highest BCUT2D eigenvalue weighted by Crippen LogP contribution is 2.27. The van der Waals surface area contributed by atoms with Crippen LogP contribution in [0.25, 0.3) is 11.3 Å². The summed E-state index contributed by atoms with van der Waals surface area (Å²) >= 11 is 0. The van der Waals surface area contributed by atoms with Crippen LogP contribution in [0.5, 0.6) is 0 Å². The number of aromatic nitrogens is 1. The van der Waals surface area contributed by atoms with E-state index >= 15 is 0 Å². The van der Waals surface area contributed by atoms with Crippen molar-refractivity contribution >= 4 is 9.84 Å². The van der Waals surface area contributed by atoms with Crippen molar-refractivity contribution in [3.63, 3.8) is 0 Å². The molecule has 0 spiro atoms. The molecule has 1 heterocycles. The molecule has 0 aliphatic rings. The monoisotopic (exact) mass is 311 g/mol. The molecule has 0 N–H and O–H groups in total. The molecule has 3 aromatic rings. The SMILES string of the molecule is Cc1ccc(-c2cc(S(=O)(=O)c3ccccc3)cn2C)cc1. The molecule has 0 bridgehead atoms. The highest BCUT2D eigenvalue weighted by Gasteiger charge is 2.20. The van der Waals surface area contributed by atoms with E-state index in [2.05, 4.69) is 0 Å². The van der Waals surface area contributed by atoms with Gasteiger partial charge >= 0.3 is 0 Å². The molecule has 3 nitrogen and oxygen atoms in total. The van der Waals surface area contributed by atoms with E-state index in [0.29, 0.717) is 9.79 Å². The van der Waals surface area contributed by atoms with Crippen LogP contribution in [0.3, 0.4) is 0 Å². The molecule has 0 radical (unpaired) electrons. The Morgan fingerprint density at radius 3 is 2.14 bits per heavy atom. The molecule has 3 rings (SSSR count). The molecule has 4 heteroatoms. The summed E-state index contributed by atoms with van der Waals surface area (Å²) in [6.07, 6.45) is 1.66. The lowest BCUT2D eigenvalue weighted by Crippen LogP contribution is -2.00. The summed E-state index contributed by atoms with van der Waals surface area (Å²) in [7, 11) is -1.62. The zero-order chi connectivity index (χ0) is 15.7. The number of aryl methyl sites for hydroxylation is 2. The summed E-state index contributed by atoms with van der Waals surface area (Å²) in [5, 5.41) is 0. The first kappa shape index (κ1) is 14.6. The van der Waals surface area contributed by atoms with Crippen molar-refractivity contribution in [3.8, 4) is 11.3 Å². The number of hydrogen-bond acceptors (Lipinski definition) is 2. The predicted octanol–water partition coefficient (Wildman–Crippen LogP) is 3.83. The Morgan fingerprint density at radius 1 is 0.864 bits per heavy atom. The first-order chi connectivity index (χ1) is 10.5. The van der Waals surface area contributed by atoms with Crippen molar-refractivity contribution in [2.45, 2.75) is 16.7 Å². The smallest absolute Gasteiger partial charge is 0.208 e. The number of benzene rings is 2. The van der Waals surface area contributed by atoms with Crippen molar-refractivity contribution in [2.75, 3.05) is 0 Å². The van der Waals surface area contributed by atoms with Gasteiger partial charge in [0.1, 0.15) is 0 Å². The van der Waals surface area contributed by atoms with E-state index in [0.717, 1.165) is 11.3 Å². The van der Waals surface area contributed by atoms with Crippen LogP contribution in [0.1, 0.15) is 5.56 Å². The van der Waals surface area contributed by atoms with Crippen molar-refractivity contribution < 1.29 is 8.42 Å². The van der Waals surface area contributed by atoms with E-state index in [1.165, 1.54) is 5.56 Å². The van der Waals surface area contributed by atoms with Crippen LogP contribution in [-0.4, -0.2) is 13.0 Å². The molecule has 1 aromatic heterocycles. The fourth-order valence-corrected chi connectivity index (χ4v) is 3.78. The second kappa shape index (κ2) is 5.46. The fraction of sp³-hybridized carbons (Fsp3) is 0.111. The lowest BCUT2D eigenvalue weighted by atomic mass is 10.1. The van der Waals surface area contributed by atoms with Crippen molar-refractivity contribution in [2.24, 2.45) is 7.05 Å². The maximum atomic E-state index is 12.7. The van der Waals surface area contributed by atoms with Gasteiger partial charge in [-0.15, -0.1) is 0 Å². The zero-order valence-electron chi connectivity index (χ0n) is 12.5. The van der Waals surface area contributed by atoms with Crippen LogP contribution >= 0.6 is 0 Å². The minimum atomic E-state index is -3.48. The van der Waals surface area contributed by atoms with E-state index in [-0.39, 0.29) is 0 Å². The van der Waals surface area contributed by atoms with Gasteiger partial charge < -0.3 is 4.57 Å². The summed E-state index contributed by atoms with van der Waals surface area (Å²) < 4.78 is 27.2. The molecule has 0 aliphatic heterocycles. The van der Waals surface area contributed by atoms with Gasteiger partial charge in [0.05, 0.1) is 9.79 Å². The highest BCUT2D eigenvalue weighted by atomic mass is 32.2. The van der Waals surface area contributed by atoms with Crippen LogP contribution in [0, 0.1) is 6.92 Å². The van der Waals surface area contributed by atoms with Gasteiger partial charge in [-0.2, -0.15) is 0 Å². The quantitative estimate of drug-likeness (QED) is 0.737. The molecule has 22 heavy (non-hydrogen) atoms. The van der Waals surface area contributed by atoms with Crippen molar-refractivity contribution in [1.29, 1.82) is 0 Å². The lowest BCUT2D eigenvalue weighted by Gasteiger charge is -2.03. The molecule has 2 aromatic carbocycles. The minimum Gasteiger partial charge on any atom is -0.349 e. The molecule has 0 aliphatic carbocycles. The van der Waals surface area contributed by atoms with Gasteiger partial charge in [0.2, 0.25) is 9.84 Å². The number of nitrogens with zero attached hydrogens (tertiary/aromatic N) is 1. The molecule has 0 saturated carbocycles. The Bertz CT molecular complexity index is 892. The van der Waals surface area contributed by atoms with Crippen LogP contribution in [0.2, 0.25) is 0 Å². The van der Waals surface area contributed by atoms with E-state index in [1.54, 1.807) is 36.5 Å². The van der Waals surface area contributed by atoms with Gasteiger partial charge in [0.15, 0.2) is 0 Å². The highest BCUT2D eigenvalue weighted by molar-refractivity contribution is 7.91. The summed E-state index contributed by atoms with van der Waals surface area (Å²) in [5.74, 6) is 0. The Kier molecular flexibility index (Phi) is 3.62. The number of sulfone groups is 1. The summed E-state index contributed by atoms with van der Waals surface area (Å²) in [4.78, 5) is 0.632. The normalized spacial score (nSPS) is 11.5. The Labute approximate surface area is 130 Å². The summed E-state index contributed by atoms with van der Waals surface area (Å²) in [5.41, 5.74) is 3.06. The maximum absolute atomic E-state index is 12.7. The standard InChI is InChI=1S/C18H17NO2S/c1-14-8-10-15(11-9-14)18-12-17(13-19(18)2)22(20,21)16-6-4-3-5-7-16/h3-13H,1-2H3. The van der Waals surface area contributed by atoms with E-state index < -0.39 is 9.84 Å². The summed E-state index contributed by atoms with van der Waals surface area (Å²) in [6, 6.07) is 18.3. The van der Waals surface area contributed by atoms with Gasteiger partial charge in [-0.25, -0.2) is 8.42 Å². The van der Waals surface area contributed by atoms with Crippen LogP contribution in [0.15, 0.2) is 76.7 Å². The zero-order valence-corrected chi connectivity index (χ0v) is 13.3. The molecule has 0 fully saturated rings. The number of rotatable bonds is 3. The van der Waals surface area contributed by atoms with Crippen molar-refractivity contribution in [1.82, 2.24) is 4.57 Å². The first-order valence-electron chi connectivity index (χ1n) is 7.02. The largest absolute Gasteiger partial charge is 0.349 e. The van der Waals surface area contributed by atoms with Crippen LogP contribution in [-0.2, 0) is 16.9 Å². The predicted molar refractivity (Wildman–Crippen MR) is 87.5 cm³/mol. The van der Waals surface area contributed by atoms with Gasteiger partial charge in [-0.1, -0.05) is 48.0 Å². The Morgan fingerprint density at radius 2 is 1.50 bits per heavy atom. The second-order valence-corrected chi connectivity index (χ2v) is 7.30. The first-order valence-corrected chi connectivity index (χ1v) is 8.50. The molecule has 0 amide bonds. The molecular weight excluding hydrogens is 294 g/mol. The Balaban J connectivity index is 2.08. The van der Waals surface area contributed by atoms with Gasteiger partial charge in [0, 0.05) is 18.9 Å². The third kappa shape index (κ3) is 2.57. The van der Waals surface area contributed by atoms with Crippen molar-refractivity contribution in [3.05, 3.63) is 72.4 Å².